The third-order valence-corrected chi connectivity index (χ3v) is 5.90. The van der Waals surface area contributed by atoms with E-state index in [4.69, 9.17) is 23.2 Å². The molecule has 158 valence electrons. The Morgan fingerprint density at radius 2 is 1.67 bits per heavy atom. The summed E-state index contributed by atoms with van der Waals surface area (Å²) in [6, 6.07) is 15.6. The molecule has 1 amide bonds. The summed E-state index contributed by atoms with van der Waals surface area (Å²) in [4.78, 5) is 13.0. The van der Waals surface area contributed by atoms with Gasteiger partial charge in [-0.25, -0.2) is 0 Å². The van der Waals surface area contributed by atoms with E-state index in [1.165, 1.54) is 0 Å². The third-order valence-electron chi connectivity index (χ3n) is 5.39. The summed E-state index contributed by atoms with van der Waals surface area (Å²) in [6.07, 6.45) is 4.58. The first-order valence-corrected chi connectivity index (χ1v) is 11.1. The van der Waals surface area contributed by atoms with Crippen molar-refractivity contribution in [2.45, 2.75) is 45.1 Å². The SMILES string of the molecule is CCCC1=N[NH+](C)C(C(=O)N[C@H](C)[C@H](Cc2ccc(Cl)cc2)c2ccc(Cl)cc2)=C1. The summed E-state index contributed by atoms with van der Waals surface area (Å²) >= 11 is 12.1. The average molecular weight is 445 g/mol. The van der Waals surface area contributed by atoms with Crippen molar-refractivity contribution in [1.82, 2.24) is 5.32 Å². The average Bonchev–Trinajstić information content (AvgIpc) is 3.09. The number of amides is 1. The van der Waals surface area contributed by atoms with Crippen LogP contribution in [0.4, 0.5) is 0 Å². The van der Waals surface area contributed by atoms with Crippen molar-refractivity contribution in [3.8, 4) is 0 Å². The van der Waals surface area contributed by atoms with Crippen LogP contribution in [0.2, 0.25) is 10.0 Å². The first-order chi connectivity index (χ1) is 14.4. The molecule has 2 N–H and O–H groups in total. The predicted octanol–water partition coefficient (Wildman–Crippen LogP) is 4.39. The van der Waals surface area contributed by atoms with Gasteiger partial charge in [-0.05, 0) is 55.2 Å². The van der Waals surface area contributed by atoms with Crippen molar-refractivity contribution in [3.63, 3.8) is 0 Å². The molecule has 30 heavy (non-hydrogen) atoms. The van der Waals surface area contributed by atoms with Crippen LogP contribution in [0.5, 0.6) is 0 Å². The standard InChI is InChI=1S/C24H27Cl2N3O/c1-4-5-21-15-23(29(3)28-21)24(30)27-16(2)22(18-8-12-20(26)13-9-18)14-17-6-10-19(25)11-7-17/h6-13,15-16,22H,4-5,14H2,1-3H3,(H,27,30)/p+1/t16-,22+/m1/s1. The lowest BCUT2D eigenvalue weighted by Gasteiger charge is -2.26. The number of halogens is 2. The molecule has 1 unspecified atom stereocenters. The van der Waals surface area contributed by atoms with Gasteiger partial charge in [0.2, 0.25) is 5.70 Å². The lowest BCUT2D eigenvalue weighted by Crippen LogP contribution is -3.02. The van der Waals surface area contributed by atoms with E-state index in [9.17, 15) is 4.79 Å². The lowest BCUT2D eigenvalue weighted by atomic mass is 9.86. The maximum absolute atomic E-state index is 13.0. The highest BCUT2D eigenvalue weighted by molar-refractivity contribution is 6.30. The van der Waals surface area contributed by atoms with Gasteiger partial charge in [0.1, 0.15) is 5.71 Å². The zero-order valence-electron chi connectivity index (χ0n) is 17.6. The smallest absolute Gasteiger partial charge is 0.308 e. The van der Waals surface area contributed by atoms with Crippen LogP contribution in [0.25, 0.3) is 0 Å². The fourth-order valence-corrected chi connectivity index (χ4v) is 4.00. The summed E-state index contributed by atoms with van der Waals surface area (Å²) in [5, 5.41) is 9.92. The number of quaternary nitrogens is 1. The molecule has 0 bridgehead atoms. The van der Waals surface area contributed by atoms with Crippen molar-refractivity contribution in [3.05, 3.63) is 81.5 Å². The Hall–Kier alpha value is -2.14. The maximum atomic E-state index is 13.0. The van der Waals surface area contributed by atoms with Crippen molar-refractivity contribution < 1.29 is 9.80 Å². The van der Waals surface area contributed by atoms with Gasteiger partial charge < -0.3 is 5.32 Å². The number of hydrogen-bond acceptors (Lipinski definition) is 2. The van der Waals surface area contributed by atoms with Gasteiger partial charge in [-0.3, -0.25) is 4.79 Å². The van der Waals surface area contributed by atoms with E-state index in [0.29, 0.717) is 15.7 Å². The molecule has 2 aromatic rings. The number of nitrogens with zero attached hydrogens (tertiary/aromatic N) is 1. The fourth-order valence-electron chi connectivity index (χ4n) is 3.75. The highest BCUT2D eigenvalue weighted by Gasteiger charge is 2.29. The molecule has 0 saturated carbocycles. The van der Waals surface area contributed by atoms with E-state index in [1.807, 2.05) is 68.6 Å². The molecule has 3 rings (SSSR count). The second kappa shape index (κ2) is 10.3. The molecule has 6 heteroatoms. The Balaban J connectivity index is 1.78. The second-order valence-corrected chi connectivity index (χ2v) is 8.62. The number of nitrogens with one attached hydrogen (secondary N) is 2. The number of likely N-dealkylation sites (N-methyl/N-ethyl adjacent to an activating group) is 1. The van der Waals surface area contributed by atoms with Crippen molar-refractivity contribution in [2.24, 2.45) is 5.10 Å². The van der Waals surface area contributed by atoms with Crippen LogP contribution in [0, 0.1) is 0 Å². The number of hydrogen-bond donors (Lipinski definition) is 2. The molecular formula is C24H28Cl2N3O+. The van der Waals surface area contributed by atoms with E-state index in [-0.39, 0.29) is 17.9 Å². The number of carbonyl (C=O) groups is 1. The zero-order chi connectivity index (χ0) is 21.7. The summed E-state index contributed by atoms with van der Waals surface area (Å²) < 4.78 is 0. The summed E-state index contributed by atoms with van der Waals surface area (Å²) in [7, 11) is 1.89. The van der Waals surface area contributed by atoms with Gasteiger partial charge >= 0.3 is 5.91 Å². The quantitative estimate of drug-likeness (QED) is 0.622. The minimum Gasteiger partial charge on any atom is -0.344 e. The largest absolute Gasteiger partial charge is 0.344 e. The molecular weight excluding hydrogens is 417 g/mol. The molecule has 2 aromatic carbocycles. The van der Waals surface area contributed by atoms with Crippen molar-refractivity contribution >= 4 is 34.8 Å². The Kier molecular flexibility index (Phi) is 7.70. The monoisotopic (exact) mass is 444 g/mol. The van der Waals surface area contributed by atoms with E-state index in [1.54, 1.807) is 0 Å². The molecule has 0 fully saturated rings. The topological polar surface area (TPSA) is 45.9 Å². The fraction of sp³-hybridized carbons (Fsp3) is 0.333. The predicted molar refractivity (Wildman–Crippen MR) is 124 cm³/mol. The minimum atomic E-state index is -0.0849. The van der Waals surface area contributed by atoms with Gasteiger partial charge in [0.15, 0.2) is 0 Å². The van der Waals surface area contributed by atoms with E-state index in [0.717, 1.165) is 41.1 Å². The zero-order valence-corrected chi connectivity index (χ0v) is 19.1. The second-order valence-electron chi connectivity index (χ2n) is 7.75. The summed E-state index contributed by atoms with van der Waals surface area (Å²) in [6.45, 7) is 4.16. The normalized spacial score (nSPS) is 17.8. The molecule has 4 nitrogen and oxygen atoms in total. The molecule has 1 aliphatic heterocycles. The van der Waals surface area contributed by atoms with Crippen LogP contribution >= 0.6 is 23.2 Å². The maximum Gasteiger partial charge on any atom is 0.308 e. The lowest BCUT2D eigenvalue weighted by molar-refractivity contribution is -0.838. The van der Waals surface area contributed by atoms with Gasteiger partial charge in [-0.1, -0.05) is 65.9 Å². The highest BCUT2D eigenvalue weighted by Crippen LogP contribution is 2.27. The van der Waals surface area contributed by atoms with Crippen LogP contribution in [0.1, 0.15) is 43.7 Å². The Bertz CT molecular complexity index is 936. The van der Waals surface area contributed by atoms with Gasteiger partial charge in [-0.15, -0.1) is 0 Å². The molecule has 1 heterocycles. The minimum absolute atomic E-state index is 0.0788. The van der Waals surface area contributed by atoms with Gasteiger partial charge in [0.05, 0.1) is 7.05 Å². The van der Waals surface area contributed by atoms with Crippen LogP contribution in [0.15, 0.2) is 65.4 Å². The summed E-state index contributed by atoms with van der Waals surface area (Å²) in [5.41, 5.74) is 3.93. The summed E-state index contributed by atoms with van der Waals surface area (Å²) in [5.74, 6) is 0.00987. The van der Waals surface area contributed by atoms with E-state index < -0.39 is 0 Å². The highest BCUT2D eigenvalue weighted by atomic mass is 35.5. The van der Waals surface area contributed by atoms with Crippen LogP contribution in [-0.2, 0) is 11.2 Å². The molecule has 0 aromatic heterocycles. The van der Waals surface area contributed by atoms with Crippen LogP contribution in [0.3, 0.4) is 0 Å². The van der Waals surface area contributed by atoms with E-state index in [2.05, 4.69) is 17.3 Å². The van der Waals surface area contributed by atoms with E-state index >= 15 is 0 Å². The number of allylic oxidation sites excluding steroid dienone is 1. The molecule has 3 atom stereocenters. The van der Waals surface area contributed by atoms with Crippen molar-refractivity contribution in [2.75, 3.05) is 7.05 Å². The van der Waals surface area contributed by atoms with Gasteiger partial charge in [0.25, 0.3) is 0 Å². The van der Waals surface area contributed by atoms with Crippen LogP contribution in [-0.4, -0.2) is 24.7 Å². The Morgan fingerprint density at radius 3 is 2.27 bits per heavy atom. The molecule has 1 aliphatic rings. The third kappa shape index (κ3) is 5.72. The number of rotatable bonds is 8. The number of benzene rings is 2. The first-order valence-electron chi connectivity index (χ1n) is 10.3. The van der Waals surface area contributed by atoms with Gasteiger partial charge in [0, 0.05) is 28.1 Å². The molecule has 0 aliphatic carbocycles. The van der Waals surface area contributed by atoms with Crippen molar-refractivity contribution in [1.29, 1.82) is 0 Å². The van der Waals surface area contributed by atoms with Crippen LogP contribution < -0.4 is 10.3 Å². The molecule has 0 radical (unpaired) electrons. The molecule has 0 spiro atoms. The number of carbonyl (C=O) groups excluding carboxylic acids is 1. The Labute approximate surface area is 188 Å². The molecule has 0 saturated heterocycles. The first kappa shape index (κ1) is 22.5. The Morgan fingerprint density at radius 1 is 1.07 bits per heavy atom. The van der Waals surface area contributed by atoms with Gasteiger partial charge in [-0.2, -0.15) is 5.01 Å².